The molecule has 0 atom stereocenters. The van der Waals surface area contributed by atoms with Gasteiger partial charge in [0.15, 0.2) is 11.5 Å². The number of ether oxygens (including phenoxy) is 1. The molecule has 1 heterocycles. The van der Waals surface area contributed by atoms with Gasteiger partial charge in [-0.15, -0.1) is 0 Å². The summed E-state index contributed by atoms with van der Waals surface area (Å²) in [7, 11) is 0. The van der Waals surface area contributed by atoms with Crippen LogP contribution < -0.4 is 10.1 Å². The van der Waals surface area contributed by atoms with E-state index in [2.05, 4.69) is 10.5 Å². The van der Waals surface area contributed by atoms with Gasteiger partial charge in [0.05, 0.1) is 16.1 Å². The molecule has 2 aromatic carbocycles. The molecule has 0 aliphatic carbocycles. The lowest BCUT2D eigenvalue weighted by atomic mass is 9.98. The third-order valence-corrected chi connectivity index (χ3v) is 4.35. The van der Waals surface area contributed by atoms with Gasteiger partial charge in [-0.2, -0.15) is 0 Å². The first-order chi connectivity index (χ1) is 14.0. The molecule has 9 heteroatoms. The molecule has 0 aliphatic rings. The van der Waals surface area contributed by atoms with Gasteiger partial charge in [0.25, 0.3) is 5.91 Å². The smallest absolute Gasteiger partial charge is 0.274 e. The second-order valence-corrected chi connectivity index (χ2v) is 6.38. The molecule has 3 aromatic rings. The van der Waals surface area contributed by atoms with Gasteiger partial charge in [-0.25, -0.2) is 4.39 Å². The highest BCUT2D eigenvalue weighted by atomic mass is 35.5. The highest BCUT2D eigenvalue weighted by molar-refractivity contribution is 6.32. The van der Waals surface area contributed by atoms with E-state index in [1.165, 1.54) is 6.07 Å². The van der Waals surface area contributed by atoms with Crippen LogP contribution in [0.4, 0.5) is 4.39 Å². The fourth-order valence-electron chi connectivity index (χ4n) is 2.75. The van der Waals surface area contributed by atoms with E-state index in [4.69, 9.17) is 20.9 Å². The van der Waals surface area contributed by atoms with Crippen molar-refractivity contribution in [2.75, 3.05) is 19.8 Å². The summed E-state index contributed by atoms with van der Waals surface area (Å²) in [6.45, 7) is 1.47. The number of benzene rings is 2. The number of hydrogen-bond donors (Lipinski definition) is 3. The quantitative estimate of drug-likeness (QED) is 0.529. The topological polar surface area (TPSA) is 105 Å². The summed E-state index contributed by atoms with van der Waals surface area (Å²) < 4.78 is 22.9. The summed E-state index contributed by atoms with van der Waals surface area (Å²) in [5, 5.41) is 26.5. The normalized spacial score (nSPS) is 10.7. The number of phenols is 2. The molecular formula is C20H18ClFN2O5. The molecular weight excluding hydrogens is 403 g/mol. The second-order valence-electron chi connectivity index (χ2n) is 5.98. The van der Waals surface area contributed by atoms with Crippen LogP contribution in [0.2, 0.25) is 5.02 Å². The van der Waals surface area contributed by atoms with Crippen molar-refractivity contribution in [3.05, 3.63) is 47.1 Å². The fraction of sp³-hybridized carbons (Fsp3) is 0.200. The molecule has 7 nitrogen and oxygen atoms in total. The standard InChI is InChI=1S/C20H18ClFN2O5/c1-2-23-20(27)18-17(11-3-5-12(6-4-11)28-8-7-22)19(29-24-18)13-9-14(21)16(26)10-15(13)25/h3-6,9-10,25-26H,2,7-8H2,1H3,(H,23,27). The highest BCUT2D eigenvalue weighted by Gasteiger charge is 2.26. The number of aromatic nitrogens is 1. The number of carbonyl (C=O) groups is 1. The van der Waals surface area contributed by atoms with Crippen LogP contribution in [0.5, 0.6) is 17.2 Å². The summed E-state index contributed by atoms with van der Waals surface area (Å²) in [5.41, 5.74) is 1.05. The first kappa shape index (κ1) is 20.5. The number of hydrogen-bond acceptors (Lipinski definition) is 6. The van der Waals surface area contributed by atoms with E-state index in [1.807, 2.05) is 0 Å². The molecule has 3 rings (SSSR count). The number of nitrogens with one attached hydrogen (secondary N) is 1. The van der Waals surface area contributed by atoms with E-state index in [9.17, 15) is 19.4 Å². The highest BCUT2D eigenvalue weighted by Crippen LogP contribution is 2.43. The van der Waals surface area contributed by atoms with Crippen molar-refractivity contribution in [1.29, 1.82) is 0 Å². The molecule has 0 aliphatic heterocycles. The van der Waals surface area contributed by atoms with Gasteiger partial charge >= 0.3 is 0 Å². The molecule has 152 valence electrons. The molecule has 0 spiro atoms. The summed E-state index contributed by atoms with van der Waals surface area (Å²) >= 11 is 5.97. The van der Waals surface area contributed by atoms with E-state index in [-0.39, 0.29) is 40.1 Å². The maximum atomic E-state index is 12.5. The molecule has 0 saturated carbocycles. The minimum absolute atomic E-state index is 0.00493. The first-order valence-corrected chi connectivity index (χ1v) is 9.13. The lowest BCUT2D eigenvalue weighted by Gasteiger charge is -2.09. The number of aromatic hydroxyl groups is 2. The molecule has 0 bridgehead atoms. The number of nitrogens with zero attached hydrogens (tertiary/aromatic N) is 1. The van der Waals surface area contributed by atoms with Crippen molar-refractivity contribution in [2.24, 2.45) is 0 Å². The number of halogens is 2. The Labute approximate surface area is 170 Å². The van der Waals surface area contributed by atoms with Crippen molar-refractivity contribution in [2.45, 2.75) is 6.92 Å². The van der Waals surface area contributed by atoms with Crippen LogP contribution in [-0.2, 0) is 0 Å². The molecule has 1 amide bonds. The van der Waals surface area contributed by atoms with Crippen molar-refractivity contribution in [3.8, 4) is 39.7 Å². The minimum atomic E-state index is -0.611. The van der Waals surface area contributed by atoms with Crippen LogP contribution in [0.15, 0.2) is 40.9 Å². The third kappa shape index (κ3) is 4.27. The van der Waals surface area contributed by atoms with Gasteiger partial charge in [-0.1, -0.05) is 28.9 Å². The molecule has 0 saturated heterocycles. The van der Waals surface area contributed by atoms with Crippen LogP contribution in [0.3, 0.4) is 0 Å². The van der Waals surface area contributed by atoms with E-state index in [0.29, 0.717) is 23.4 Å². The maximum absolute atomic E-state index is 12.5. The fourth-order valence-corrected chi connectivity index (χ4v) is 2.91. The van der Waals surface area contributed by atoms with Gasteiger partial charge in [-0.05, 0) is 30.7 Å². The summed E-state index contributed by atoms with van der Waals surface area (Å²) in [6, 6.07) is 8.94. The summed E-state index contributed by atoms with van der Waals surface area (Å²) in [6.07, 6.45) is 0. The van der Waals surface area contributed by atoms with Crippen LogP contribution >= 0.6 is 11.6 Å². The van der Waals surface area contributed by atoms with Crippen LogP contribution in [0.1, 0.15) is 17.4 Å². The Kier molecular flexibility index (Phi) is 6.23. The van der Waals surface area contributed by atoms with Gasteiger partial charge in [0, 0.05) is 12.6 Å². The Balaban J connectivity index is 2.14. The van der Waals surface area contributed by atoms with Crippen LogP contribution in [0.25, 0.3) is 22.5 Å². The van der Waals surface area contributed by atoms with Gasteiger partial charge < -0.3 is 24.8 Å². The average Bonchev–Trinajstić information content (AvgIpc) is 3.14. The van der Waals surface area contributed by atoms with E-state index in [1.54, 1.807) is 31.2 Å². The van der Waals surface area contributed by atoms with Gasteiger partial charge in [0.2, 0.25) is 0 Å². The predicted octanol–water partition coefficient (Wildman–Crippen LogP) is 4.17. The largest absolute Gasteiger partial charge is 0.507 e. The van der Waals surface area contributed by atoms with Gasteiger partial charge in [0.1, 0.15) is 30.5 Å². The zero-order chi connectivity index (χ0) is 21.0. The monoisotopic (exact) mass is 420 g/mol. The molecule has 3 N–H and O–H groups in total. The Bertz CT molecular complexity index is 1020. The van der Waals surface area contributed by atoms with Crippen molar-refractivity contribution in [1.82, 2.24) is 10.5 Å². The molecule has 0 unspecified atom stereocenters. The maximum Gasteiger partial charge on any atom is 0.274 e. The molecule has 0 fully saturated rings. The number of alkyl halides is 1. The average molecular weight is 421 g/mol. The van der Waals surface area contributed by atoms with E-state index >= 15 is 0 Å². The Morgan fingerprint density at radius 3 is 2.62 bits per heavy atom. The third-order valence-electron chi connectivity index (χ3n) is 4.04. The zero-order valence-corrected chi connectivity index (χ0v) is 16.2. The predicted molar refractivity (Wildman–Crippen MR) is 105 cm³/mol. The summed E-state index contributed by atoms with van der Waals surface area (Å²) in [4.78, 5) is 12.5. The number of rotatable bonds is 7. The van der Waals surface area contributed by atoms with Crippen molar-refractivity contribution in [3.63, 3.8) is 0 Å². The number of carbonyl (C=O) groups excluding carboxylic acids is 1. The molecule has 0 radical (unpaired) electrons. The van der Waals surface area contributed by atoms with Crippen molar-refractivity contribution >= 4 is 17.5 Å². The number of amides is 1. The second kappa shape index (κ2) is 8.83. The Morgan fingerprint density at radius 1 is 1.24 bits per heavy atom. The summed E-state index contributed by atoms with van der Waals surface area (Å²) in [5.74, 6) is -0.496. The Morgan fingerprint density at radius 2 is 1.97 bits per heavy atom. The van der Waals surface area contributed by atoms with Crippen molar-refractivity contribution < 1.29 is 28.7 Å². The van der Waals surface area contributed by atoms with E-state index < -0.39 is 12.6 Å². The van der Waals surface area contributed by atoms with Crippen LogP contribution in [-0.4, -0.2) is 41.1 Å². The van der Waals surface area contributed by atoms with Gasteiger partial charge in [-0.3, -0.25) is 4.79 Å². The Hall–Kier alpha value is -3.26. The zero-order valence-electron chi connectivity index (χ0n) is 15.4. The lowest BCUT2D eigenvalue weighted by Crippen LogP contribution is -2.23. The number of phenolic OH excluding ortho intramolecular Hbond substituents is 2. The van der Waals surface area contributed by atoms with E-state index in [0.717, 1.165) is 6.07 Å². The first-order valence-electron chi connectivity index (χ1n) is 8.75. The SMILES string of the molecule is CCNC(=O)c1noc(-c2cc(Cl)c(O)cc2O)c1-c1ccc(OCCF)cc1. The molecule has 29 heavy (non-hydrogen) atoms. The minimum Gasteiger partial charge on any atom is -0.507 e. The lowest BCUT2D eigenvalue weighted by molar-refractivity contribution is 0.0947. The molecule has 1 aromatic heterocycles. The van der Waals surface area contributed by atoms with Crippen LogP contribution in [0, 0.1) is 0 Å².